The van der Waals surface area contributed by atoms with E-state index >= 15 is 0 Å². The molecule has 5 fully saturated rings. The van der Waals surface area contributed by atoms with Gasteiger partial charge in [0.15, 0.2) is 51.9 Å². The minimum Gasteiger partial charge on any atom is -0.735 e. The largest absolute Gasteiger partial charge is 1.00 e. The van der Waals surface area contributed by atoms with Crippen LogP contribution >= 0.6 is 0 Å². The fourth-order valence-corrected chi connectivity index (χ4v) is 11.5. The van der Waals surface area contributed by atoms with Crippen LogP contribution in [0, 0.1) is 0 Å². The van der Waals surface area contributed by atoms with Crippen molar-refractivity contribution in [1.82, 2.24) is 9.44 Å². The van der Waals surface area contributed by atoms with Gasteiger partial charge in [-0.25, -0.2) is 68.4 Å². The maximum absolute atomic E-state index is 12.7. The predicted octanol–water partition coefficient (Wildman–Crippen LogP) is -45.2. The molecule has 5 aliphatic heterocycles. The molecule has 498 valence electrons. The van der Waals surface area contributed by atoms with Crippen LogP contribution in [0.2, 0.25) is 0 Å². The van der Waals surface area contributed by atoms with Crippen LogP contribution in [0.25, 0.3) is 0 Å². The first-order valence-corrected chi connectivity index (χ1v) is 31.6. The van der Waals surface area contributed by atoms with Crippen molar-refractivity contribution in [3.05, 3.63) is 0 Å². The Hall–Kier alpha value is 6.39. The molecule has 0 unspecified atom stereocenters. The van der Waals surface area contributed by atoms with E-state index in [0.717, 1.165) is 9.44 Å². The first kappa shape index (κ1) is 109. The van der Waals surface area contributed by atoms with Crippen LogP contribution in [0.5, 0.6) is 0 Å². The second-order valence-corrected chi connectivity index (χ2v) is 25.0. The average Bonchev–Trinajstić information content (AvgIpc) is 0.773. The molecular weight excluding hydrogens is 1560 g/mol. The van der Waals surface area contributed by atoms with Crippen molar-refractivity contribution < 1.29 is 476 Å². The second kappa shape index (κ2) is 44.9. The number of hydrogen-bond acceptors (Lipinski definition) is 46. The Morgan fingerprint density at radius 2 is 0.702 bits per heavy atom. The number of carboxylic acid groups (broad SMARTS) is 2. The zero-order valence-electron chi connectivity index (χ0n) is 49.6. The SMILES string of the molecule is O=C([O-])[C@H]1O[C@@H](O[C@H]2[C@H](OS(=O)(=O)[O-])[C@@H](NS(=O)(=O)[O-])[C@@H](O[C@H]3[C@H](O)[C@@H](OS(=O)(=O)[O-])[C@H](O[C@H]4[C@H](O)[C@H](CO)O[C@@H]4COS(=O)(=O)[O-])O[C@H]3C(=O)[O-])O[C@@H]2COS(=O)(=O)[O-])[C@H](O)[C@@H](O)[C@@H]1O[C@H]1O[C@H](COS(=O)(=O)[O-])[C@@H](O)[C@H](O)[C@H]1NS(=O)(=O)[O-].[Na+].[Na+].[Na+].[Na+].[Na+].[Na+].[Na+].[Na+].[Na+]. The second-order valence-electron chi connectivity index (χ2n) is 17.5. The number of aliphatic hydroxyl groups excluding tert-OH is 7. The summed E-state index contributed by atoms with van der Waals surface area (Å²) in [5.74, 6) is -5.40. The van der Waals surface area contributed by atoms with E-state index in [1.54, 1.807) is 0 Å². The normalized spacial score (nSPS) is 35.6. The van der Waals surface area contributed by atoms with Crippen molar-refractivity contribution in [2.45, 2.75) is 147 Å². The number of aliphatic carboxylic acids is 2. The van der Waals surface area contributed by atoms with E-state index in [1.807, 2.05) is 0 Å². The first-order valence-electron chi connectivity index (χ1n) is 22.1. The monoisotopic (exact) mass is 1600 g/mol. The van der Waals surface area contributed by atoms with Gasteiger partial charge in [0.1, 0.15) is 116 Å². The minimum absolute atomic E-state index is 0. The Bertz CT molecular complexity index is 3190. The third kappa shape index (κ3) is 33.7. The first-order chi connectivity index (χ1) is 38.6. The van der Waals surface area contributed by atoms with E-state index in [9.17, 15) is 146 Å². The van der Waals surface area contributed by atoms with Crippen molar-refractivity contribution in [3.63, 3.8) is 0 Å². The van der Waals surface area contributed by atoms with Crippen LogP contribution in [0.15, 0.2) is 0 Å². The molecule has 0 aliphatic carbocycles. The van der Waals surface area contributed by atoms with Gasteiger partial charge in [-0.15, -0.1) is 0 Å². The zero-order valence-corrected chi connectivity index (χ0v) is 73.3. The number of carbonyl (C=O) groups excluding carboxylic acids is 2. The third-order valence-corrected chi connectivity index (χ3v) is 15.1. The molecular formula is C30H41N2Na9O46S7. The molecule has 0 aromatic rings. The number of aliphatic hydroxyl groups is 7. The molecule has 0 aromatic heterocycles. The van der Waals surface area contributed by atoms with Crippen molar-refractivity contribution in [2.75, 3.05) is 26.4 Å². The maximum atomic E-state index is 12.7. The van der Waals surface area contributed by atoms with Gasteiger partial charge < -0.3 is 130 Å². The van der Waals surface area contributed by atoms with Gasteiger partial charge in [-0.2, -0.15) is 0 Å². The Balaban J connectivity index is -0.00000293. The van der Waals surface area contributed by atoms with Gasteiger partial charge >= 0.3 is 266 Å². The van der Waals surface area contributed by atoms with Crippen molar-refractivity contribution >= 4 is 84.5 Å². The molecule has 24 atom stereocenters. The molecule has 0 aromatic carbocycles. The fraction of sp³-hybridized carbons (Fsp3) is 0.933. The van der Waals surface area contributed by atoms with Gasteiger partial charge in [0.05, 0.1) is 38.4 Å². The fourth-order valence-electron chi connectivity index (χ4n) is 8.48. The molecule has 5 saturated heterocycles. The van der Waals surface area contributed by atoms with E-state index in [-0.39, 0.29) is 266 Å². The topological polar surface area (TPSA) is 776 Å². The molecule has 9 N–H and O–H groups in total. The van der Waals surface area contributed by atoms with E-state index in [4.69, 9.17) is 42.6 Å². The molecule has 0 amide bonds. The zero-order chi connectivity index (χ0) is 64.7. The van der Waals surface area contributed by atoms with Crippen LogP contribution in [0.3, 0.4) is 0 Å². The number of nitrogens with one attached hydrogen (secondary N) is 2. The molecule has 64 heteroatoms. The summed E-state index contributed by atoms with van der Waals surface area (Å²) in [5.41, 5.74) is 0. The van der Waals surface area contributed by atoms with Crippen LogP contribution in [-0.2, 0) is 146 Å². The van der Waals surface area contributed by atoms with E-state index in [1.165, 1.54) is 0 Å². The standard InChI is InChI=1S/C30H50N2O46S7.9Na/c33-1-5-12(35)17(7(68-5)3-66-82(53,54)55)71-30-22(78-85(62,63)64)16(39)21(24(76-30)26(42)43)74-28-10(32-80(47,48)49)19(77-84(59,60)61)18(8(70-28)4-67-83(56,57)58)72-29-15(38)14(37)20(23(75-29)25(40)41)73-27-9(31-79(44,45)46)13(36)11(34)6(69-27)2-65-81(50,51)52;;;;;;;;;/h5-24,27-39H,1-4H2,(H,40,41)(H,42,43)(H,44,45,46)(H,47,48,49)(H,50,51,52)(H,53,54,55)(H,56,57,58)(H,59,60,61)(H,62,63,64);;;;;;;;;/q;9*+1/p-9/t5-,6+,7+,8+,9+,10+,11+,12+,13+,14+,15+,16-,17+,18+,19+,20-,21-,22+,23-,24+,27+,28+,29+,30+;;;;;;;;;/m0........./s1. The van der Waals surface area contributed by atoms with Gasteiger partial charge in [-0.1, -0.05) is 0 Å². The molecule has 0 saturated carbocycles. The quantitative estimate of drug-likeness (QED) is 0.0200. The summed E-state index contributed by atoms with van der Waals surface area (Å²) in [6.45, 7) is -6.32. The van der Waals surface area contributed by atoms with Crippen LogP contribution in [-0.4, -0.2) is 312 Å². The third-order valence-electron chi connectivity index (χ3n) is 11.8. The maximum Gasteiger partial charge on any atom is 1.00 e. The summed E-state index contributed by atoms with van der Waals surface area (Å²) in [7, 11) is -42.7. The Kier molecular flexibility index (Phi) is 52.1. The van der Waals surface area contributed by atoms with Crippen molar-refractivity contribution in [1.29, 1.82) is 0 Å². The Labute approximate surface area is 731 Å². The minimum atomic E-state index is -6.62. The van der Waals surface area contributed by atoms with E-state index in [2.05, 4.69) is 20.9 Å². The van der Waals surface area contributed by atoms with Gasteiger partial charge in [0, 0.05) is 0 Å². The predicted molar refractivity (Wildman–Crippen MR) is 225 cm³/mol. The summed E-state index contributed by atoms with van der Waals surface area (Å²) >= 11 is 0. The van der Waals surface area contributed by atoms with Gasteiger partial charge in [0.2, 0.25) is 52.0 Å². The number of carboxylic acids is 2. The summed E-state index contributed by atoms with van der Waals surface area (Å²) < 4.78 is 316. The summed E-state index contributed by atoms with van der Waals surface area (Å²) in [5, 5.41) is 101. The molecule has 0 spiro atoms. The molecule has 94 heavy (non-hydrogen) atoms. The van der Waals surface area contributed by atoms with E-state index < -0.39 is 258 Å². The van der Waals surface area contributed by atoms with Crippen LogP contribution in [0.4, 0.5) is 0 Å². The number of ether oxygens (including phenoxy) is 9. The molecule has 0 bridgehead atoms. The van der Waals surface area contributed by atoms with Crippen molar-refractivity contribution in [2.24, 2.45) is 0 Å². The average molecular weight is 1600 g/mol. The summed E-state index contributed by atoms with van der Waals surface area (Å²) in [6.07, 6.45) is -63.4. The van der Waals surface area contributed by atoms with Gasteiger partial charge in [0.25, 0.3) is 0 Å². The Morgan fingerprint density at radius 1 is 0.351 bits per heavy atom. The summed E-state index contributed by atoms with van der Waals surface area (Å²) in [6, 6.07) is -6.02. The van der Waals surface area contributed by atoms with E-state index in [0.29, 0.717) is 0 Å². The molecule has 5 aliphatic rings. The number of hydrogen-bond donors (Lipinski definition) is 9. The van der Waals surface area contributed by atoms with Crippen molar-refractivity contribution in [3.8, 4) is 0 Å². The van der Waals surface area contributed by atoms with Crippen LogP contribution < -0.4 is 286 Å². The van der Waals surface area contributed by atoms with Crippen LogP contribution in [0.1, 0.15) is 0 Å². The Morgan fingerprint density at radius 3 is 1.11 bits per heavy atom. The molecule has 48 nitrogen and oxygen atoms in total. The van der Waals surface area contributed by atoms with Gasteiger partial charge in [-0.3, -0.25) is 20.9 Å². The smallest absolute Gasteiger partial charge is 0.735 e. The summed E-state index contributed by atoms with van der Waals surface area (Å²) in [4.78, 5) is 25.3. The molecule has 0 radical (unpaired) electrons. The molecule has 5 rings (SSSR count). The van der Waals surface area contributed by atoms with Gasteiger partial charge in [-0.05, 0) is 0 Å². The number of rotatable bonds is 28. The number of carbonyl (C=O) groups is 2. The molecule has 5 heterocycles.